The molecule has 114 valence electrons. The molecule has 2 saturated heterocycles. The van der Waals surface area contributed by atoms with Gasteiger partial charge in [0.2, 0.25) is 5.95 Å². The Kier molecular flexibility index (Phi) is 3.34. The van der Waals surface area contributed by atoms with E-state index < -0.39 is 0 Å². The van der Waals surface area contributed by atoms with Crippen LogP contribution >= 0.6 is 0 Å². The van der Waals surface area contributed by atoms with E-state index in [2.05, 4.69) is 24.8 Å². The Balaban J connectivity index is 1.40. The van der Waals surface area contributed by atoms with Gasteiger partial charge in [-0.1, -0.05) is 0 Å². The summed E-state index contributed by atoms with van der Waals surface area (Å²) in [5, 5.41) is 0. The Hall–Kier alpha value is -2.28. The molecule has 0 aliphatic carbocycles. The van der Waals surface area contributed by atoms with E-state index in [0.29, 0.717) is 12.6 Å². The highest BCUT2D eigenvalue weighted by molar-refractivity contribution is 5.32. The van der Waals surface area contributed by atoms with Crippen LogP contribution in [-0.4, -0.2) is 51.3 Å². The largest absolute Gasteiger partial charge is 0.458 e. The molecule has 0 saturated carbocycles. The molecule has 4 heterocycles. The lowest BCUT2D eigenvalue weighted by Gasteiger charge is -2.23. The van der Waals surface area contributed by atoms with Crippen molar-refractivity contribution in [3.05, 3.63) is 36.9 Å². The molecule has 7 heteroatoms. The summed E-state index contributed by atoms with van der Waals surface area (Å²) in [5.74, 6) is 0.763. The van der Waals surface area contributed by atoms with E-state index in [0.717, 1.165) is 31.9 Å². The fourth-order valence-corrected chi connectivity index (χ4v) is 3.13. The quantitative estimate of drug-likeness (QED) is 0.839. The molecule has 2 atom stereocenters. The average molecular weight is 299 g/mol. The van der Waals surface area contributed by atoms with E-state index in [-0.39, 0.29) is 11.7 Å². The summed E-state index contributed by atoms with van der Waals surface area (Å²) < 4.78 is 11.9. The van der Waals surface area contributed by atoms with Gasteiger partial charge in [-0.05, 0) is 18.6 Å². The first-order valence-corrected chi connectivity index (χ1v) is 7.43. The van der Waals surface area contributed by atoms with Gasteiger partial charge in [0.15, 0.2) is 0 Å². The number of rotatable bonds is 3. The second kappa shape index (κ2) is 5.49. The van der Waals surface area contributed by atoms with Gasteiger partial charge in [-0.3, -0.25) is 0 Å². The van der Waals surface area contributed by atoms with Crippen LogP contribution in [-0.2, 0) is 4.74 Å². The van der Waals surface area contributed by atoms with Crippen LogP contribution in [0.4, 0.5) is 5.95 Å². The van der Waals surface area contributed by atoms with Crippen molar-refractivity contribution in [2.45, 2.75) is 24.5 Å². The fourth-order valence-electron chi connectivity index (χ4n) is 3.13. The molecule has 2 aromatic heterocycles. The molecule has 2 fully saturated rings. The molecule has 0 bridgehead atoms. The average Bonchev–Trinajstić information content (AvgIpc) is 3.17. The molecule has 4 rings (SSSR count). The van der Waals surface area contributed by atoms with Crippen molar-refractivity contribution in [1.29, 1.82) is 0 Å². The number of ether oxygens (including phenoxy) is 2. The minimum atomic E-state index is -0.168. The lowest BCUT2D eigenvalue weighted by Crippen LogP contribution is -2.34. The zero-order valence-corrected chi connectivity index (χ0v) is 12.1. The minimum absolute atomic E-state index is 0.000887. The molecule has 0 amide bonds. The van der Waals surface area contributed by atoms with Crippen LogP contribution in [0, 0.1) is 0 Å². The summed E-state index contributed by atoms with van der Waals surface area (Å²) in [6.45, 7) is 2.27. The van der Waals surface area contributed by atoms with Crippen molar-refractivity contribution >= 4 is 5.95 Å². The Morgan fingerprint density at radius 1 is 1.09 bits per heavy atom. The van der Waals surface area contributed by atoms with Gasteiger partial charge in [0.25, 0.3) is 0 Å². The molecule has 2 aliphatic rings. The maximum atomic E-state index is 6.06. The lowest BCUT2D eigenvalue weighted by molar-refractivity contribution is 0.0192. The summed E-state index contributed by atoms with van der Waals surface area (Å²) in [7, 11) is 0. The van der Waals surface area contributed by atoms with Gasteiger partial charge in [0, 0.05) is 37.8 Å². The van der Waals surface area contributed by atoms with Crippen molar-refractivity contribution in [2.24, 2.45) is 0 Å². The van der Waals surface area contributed by atoms with Gasteiger partial charge in [-0.2, -0.15) is 0 Å². The molecular formula is C15H17N5O2. The number of hydrogen-bond donors (Lipinski definition) is 0. The van der Waals surface area contributed by atoms with Crippen molar-refractivity contribution < 1.29 is 9.47 Å². The fraction of sp³-hybridized carbons (Fsp3) is 0.467. The second-order valence-corrected chi connectivity index (χ2v) is 5.69. The van der Waals surface area contributed by atoms with Crippen LogP contribution in [0.3, 0.4) is 0 Å². The maximum Gasteiger partial charge on any atom is 0.316 e. The van der Waals surface area contributed by atoms with E-state index in [9.17, 15) is 0 Å². The van der Waals surface area contributed by atoms with Crippen LogP contribution < -0.4 is 9.64 Å². The molecular weight excluding hydrogens is 282 g/mol. The predicted octanol–water partition coefficient (Wildman–Crippen LogP) is 1.08. The van der Waals surface area contributed by atoms with Gasteiger partial charge in [-0.25, -0.2) is 19.9 Å². The highest BCUT2D eigenvalue weighted by Gasteiger charge is 2.47. The lowest BCUT2D eigenvalue weighted by atomic mass is 9.98. The Bertz CT molecular complexity index is 626. The normalized spacial score (nSPS) is 27.5. The Labute approximate surface area is 128 Å². The molecule has 7 nitrogen and oxygen atoms in total. The number of anilines is 1. The van der Waals surface area contributed by atoms with Crippen molar-refractivity contribution in [3.8, 4) is 6.01 Å². The molecule has 22 heavy (non-hydrogen) atoms. The molecule has 1 spiro atoms. The standard InChI is InChI=1S/C15H17N5O2/c1-4-16-13(17-5-1)20-8-3-15(11-20)9-12(10-21-15)22-14-18-6-2-7-19-14/h1-2,4-7,12H,3,8-11H2/t12-,15+/m1/s1. The molecule has 0 unspecified atom stereocenters. The van der Waals surface area contributed by atoms with E-state index in [1.165, 1.54) is 0 Å². The summed E-state index contributed by atoms with van der Waals surface area (Å²) in [5.41, 5.74) is -0.168. The van der Waals surface area contributed by atoms with Crippen molar-refractivity contribution in [2.75, 3.05) is 24.6 Å². The molecule has 2 aromatic rings. The van der Waals surface area contributed by atoms with Gasteiger partial charge in [0.1, 0.15) is 6.10 Å². The van der Waals surface area contributed by atoms with Crippen LogP contribution in [0.5, 0.6) is 6.01 Å². The molecule has 0 N–H and O–H groups in total. The van der Waals surface area contributed by atoms with Crippen molar-refractivity contribution in [3.63, 3.8) is 0 Å². The van der Waals surface area contributed by atoms with Crippen LogP contribution in [0.25, 0.3) is 0 Å². The Morgan fingerprint density at radius 3 is 2.59 bits per heavy atom. The van der Waals surface area contributed by atoms with E-state index in [4.69, 9.17) is 9.47 Å². The predicted molar refractivity (Wildman–Crippen MR) is 78.6 cm³/mol. The van der Waals surface area contributed by atoms with E-state index in [1.54, 1.807) is 30.9 Å². The highest BCUT2D eigenvalue weighted by atomic mass is 16.6. The molecule has 0 radical (unpaired) electrons. The first kappa shape index (κ1) is 13.4. The van der Waals surface area contributed by atoms with Crippen LogP contribution in [0.15, 0.2) is 36.9 Å². The number of aromatic nitrogens is 4. The molecule has 2 aliphatic heterocycles. The highest BCUT2D eigenvalue weighted by Crippen LogP contribution is 2.37. The topological polar surface area (TPSA) is 73.3 Å². The van der Waals surface area contributed by atoms with Crippen LogP contribution in [0.2, 0.25) is 0 Å². The summed E-state index contributed by atoms with van der Waals surface area (Å²) in [4.78, 5) is 19.0. The maximum absolute atomic E-state index is 6.06. The number of hydrogen-bond acceptors (Lipinski definition) is 7. The zero-order chi connectivity index (χ0) is 14.8. The third kappa shape index (κ3) is 2.59. The third-order valence-corrected chi connectivity index (χ3v) is 4.14. The minimum Gasteiger partial charge on any atom is -0.458 e. The summed E-state index contributed by atoms with van der Waals surface area (Å²) in [6.07, 6.45) is 8.69. The van der Waals surface area contributed by atoms with Crippen molar-refractivity contribution in [1.82, 2.24) is 19.9 Å². The SMILES string of the molecule is c1cnc(O[C@H]2CO[C@@]3(CCN(c4ncccn4)C3)C2)nc1. The first-order valence-electron chi connectivity index (χ1n) is 7.43. The smallest absolute Gasteiger partial charge is 0.316 e. The van der Waals surface area contributed by atoms with Gasteiger partial charge in [0.05, 0.1) is 18.8 Å². The monoisotopic (exact) mass is 299 g/mol. The first-order chi connectivity index (χ1) is 10.8. The summed E-state index contributed by atoms with van der Waals surface area (Å²) in [6, 6.07) is 4.01. The van der Waals surface area contributed by atoms with Gasteiger partial charge in [-0.15, -0.1) is 0 Å². The third-order valence-electron chi connectivity index (χ3n) is 4.14. The summed E-state index contributed by atoms with van der Waals surface area (Å²) >= 11 is 0. The zero-order valence-electron chi connectivity index (χ0n) is 12.1. The van der Waals surface area contributed by atoms with Gasteiger partial charge >= 0.3 is 6.01 Å². The van der Waals surface area contributed by atoms with Crippen LogP contribution in [0.1, 0.15) is 12.8 Å². The van der Waals surface area contributed by atoms with E-state index >= 15 is 0 Å². The number of nitrogens with zero attached hydrogens (tertiary/aromatic N) is 5. The second-order valence-electron chi connectivity index (χ2n) is 5.69. The molecule has 0 aromatic carbocycles. The Morgan fingerprint density at radius 2 is 1.82 bits per heavy atom. The van der Waals surface area contributed by atoms with Gasteiger partial charge < -0.3 is 14.4 Å². The van der Waals surface area contributed by atoms with E-state index in [1.807, 2.05) is 6.07 Å².